The van der Waals surface area contributed by atoms with Gasteiger partial charge in [0.2, 0.25) is 0 Å². The van der Waals surface area contributed by atoms with Crippen molar-refractivity contribution >= 4 is 17.3 Å². The number of benzene rings is 1. The molecule has 2 rings (SSSR count). The van der Waals surface area contributed by atoms with Gasteiger partial charge in [-0.25, -0.2) is 14.4 Å². The van der Waals surface area contributed by atoms with Crippen LogP contribution >= 0.6 is 0 Å². The van der Waals surface area contributed by atoms with Crippen LogP contribution in [0, 0.1) is 31.0 Å². The summed E-state index contributed by atoms with van der Waals surface area (Å²) in [5.41, 5.74) is 1.59. The summed E-state index contributed by atoms with van der Waals surface area (Å²) in [6.45, 7) is 6.41. The summed E-state index contributed by atoms with van der Waals surface area (Å²) in [5.74, 6) is 1.51. The lowest BCUT2D eigenvalue weighted by Gasteiger charge is -2.14. The van der Waals surface area contributed by atoms with Crippen molar-refractivity contribution in [3.05, 3.63) is 41.0 Å². The zero-order valence-electron chi connectivity index (χ0n) is 12.2. The quantitative estimate of drug-likeness (QED) is 0.901. The van der Waals surface area contributed by atoms with E-state index in [0.717, 1.165) is 17.9 Å². The number of aryl methyl sites for hydroxylation is 1. The Morgan fingerprint density at radius 1 is 1.24 bits per heavy atom. The average molecular weight is 285 g/mol. The van der Waals surface area contributed by atoms with E-state index in [1.807, 2.05) is 19.9 Å². The number of nitrogens with zero attached hydrogens (tertiary/aromatic N) is 3. The fourth-order valence-corrected chi connectivity index (χ4v) is 1.94. The van der Waals surface area contributed by atoms with Crippen molar-refractivity contribution in [3.8, 4) is 6.07 Å². The summed E-state index contributed by atoms with van der Waals surface area (Å²) in [6.07, 6.45) is 0. The molecule has 0 atom stereocenters. The van der Waals surface area contributed by atoms with Crippen LogP contribution in [0.5, 0.6) is 0 Å². The molecule has 0 unspecified atom stereocenters. The number of rotatable bonds is 4. The summed E-state index contributed by atoms with van der Waals surface area (Å²) in [7, 11) is 0. The van der Waals surface area contributed by atoms with Crippen LogP contribution in [0.15, 0.2) is 18.2 Å². The summed E-state index contributed by atoms with van der Waals surface area (Å²) in [5, 5.41) is 15.3. The maximum atomic E-state index is 13.2. The van der Waals surface area contributed by atoms with Gasteiger partial charge in [-0.2, -0.15) is 5.26 Å². The maximum Gasteiger partial charge on any atom is 0.139 e. The van der Waals surface area contributed by atoms with Gasteiger partial charge in [-0.3, -0.25) is 0 Å². The molecule has 6 heteroatoms. The monoisotopic (exact) mass is 285 g/mol. The van der Waals surface area contributed by atoms with Gasteiger partial charge in [0.1, 0.15) is 29.3 Å². The van der Waals surface area contributed by atoms with Crippen LogP contribution in [0.4, 0.5) is 21.7 Å². The van der Waals surface area contributed by atoms with Crippen molar-refractivity contribution in [1.29, 1.82) is 5.26 Å². The number of aromatic nitrogens is 2. The molecule has 0 fully saturated rings. The molecule has 0 bridgehead atoms. The van der Waals surface area contributed by atoms with Crippen molar-refractivity contribution < 1.29 is 4.39 Å². The van der Waals surface area contributed by atoms with Gasteiger partial charge in [0.25, 0.3) is 0 Å². The molecule has 0 spiro atoms. The van der Waals surface area contributed by atoms with E-state index in [1.54, 1.807) is 6.92 Å². The first-order valence-corrected chi connectivity index (χ1v) is 6.61. The van der Waals surface area contributed by atoms with Crippen molar-refractivity contribution in [2.75, 3.05) is 17.2 Å². The topological polar surface area (TPSA) is 73.6 Å². The largest absolute Gasteiger partial charge is 0.370 e. The molecular weight excluding hydrogens is 269 g/mol. The standard InChI is InChI=1S/C15H16FN5/c1-4-18-14-9(2)15(20-10(3)19-14)21-13-6-5-12(16)7-11(13)8-17/h5-7H,4H2,1-3H3,(H2,18,19,20,21). The number of nitrogens with one attached hydrogen (secondary N) is 2. The highest BCUT2D eigenvalue weighted by atomic mass is 19.1. The second kappa shape index (κ2) is 6.18. The lowest BCUT2D eigenvalue weighted by atomic mass is 10.2. The number of hydrogen-bond acceptors (Lipinski definition) is 5. The lowest BCUT2D eigenvalue weighted by molar-refractivity contribution is 0.627. The van der Waals surface area contributed by atoms with E-state index in [4.69, 9.17) is 5.26 Å². The molecule has 1 heterocycles. The van der Waals surface area contributed by atoms with E-state index < -0.39 is 5.82 Å². The van der Waals surface area contributed by atoms with Crippen molar-refractivity contribution in [1.82, 2.24) is 9.97 Å². The Balaban J connectivity index is 2.42. The summed E-state index contributed by atoms with van der Waals surface area (Å²) in [6, 6.07) is 5.99. The minimum Gasteiger partial charge on any atom is -0.370 e. The maximum absolute atomic E-state index is 13.2. The minimum atomic E-state index is -0.443. The van der Waals surface area contributed by atoms with E-state index in [0.29, 0.717) is 17.3 Å². The molecule has 0 aliphatic carbocycles. The molecular formula is C15H16FN5. The van der Waals surface area contributed by atoms with Crippen LogP contribution in [0.1, 0.15) is 23.9 Å². The third kappa shape index (κ3) is 3.26. The number of nitriles is 1. The average Bonchev–Trinajstić information content (AvgIpc) is 2.45. The molecule has 21 heavy (non-hydrogen) atoms. The third-order valence-electron chi connectivity index (χ3n) is 2.96. The van der Waals surface area contributed by atoms with Crippen LogP contribution in [0.3, 0.4) is 0 Å². The Bertz CT molecular complexity index is 706. The van der Waals surface area contributed by atoms with E-state index in [9.17, 15) is 4.39 Å². The molecule has 0 aliphatic rings. The Morgan fingerprint density at radius 2 is 1.95 bits per heavy atom. The highest BCUT2D eigenvalue weighted by molar-refractivity contribution is 5.69. The van der Waals surface area contributed by atoms with Gasteiger partial charge < -0.3 is 10.6 Å². The van der Waals surface area contributed by atoms with Crippen molar-refractivity contribution in [2.24, 2.45) is 0 Å². The fourth-order valence-electron chi connectivity index (χ4n) is 1.94. The second-order valence-electron chi connectivity index (χ2n) is 4.55. The first-order chi connectivity index (χ1) is 10.0. The van der Waals surface area contributed by atoms with Gasteiger partial charge in [-0.1, -0.05) is 0 Å². The Morgan fingerprint density at radius 3 is 2.62 bits per heavy atom. The van der Waals surface area contributed by atoms with Crippen LogP contribution < -0.4 is 10.6 Å². The highest BCUT2D eigenvalue weighted by Crippen LogP contribution is 2.25. The molecule has 5 nitrogen and oxygen atoms in total. The summed E-state index contributed by atoms with van der Waals surface area (Å²) < 4.78 is 13.2. The van der Waals surface area contributed by atoms with E-state index in [1.165, 1.54) is 18.2 Å². The first-order valence-electron chi connectivity index (χ1n) is 6.61. The minimum absolute atomic E-state index is 0.232. The number of anilines is 3. The molecule has 0 radical (unpaired) electrons. The molecule has 108 valence electrons. The van der Waals surface area contributed by atoms with Gasteiger partial charge in [0.15, 0.2) is 0 Å². The van der Waals surface area contributed by atoms with Gasteiger partial charge >= 0.3 is 0 Å². The number of halogens is 1. The SMILES string of the molecule is CCNc1nc(C)nc(Nc2ccc(F)cc2C#N)c1C. The normalized spacial score (nSPS) is 10.0. The molecule has 0 saturated carbocycles. The zero-order valence-corrected chi connectivity index (χ0v) is 12.2. The Labute approximate surface area is 122 Å². The molecule has 2 aromatic rings. The van der Waals surface area contributed by atoms with Crippen molar-refractivity contribution in [3.63, 3.8) is 0 Å². The Kier molecular flexibility index (Phi) is 4.33. The molecule has 1 aromatic heterocycles. The van der Waals surface area contributed by atoms with Crippen LogP contribution in [-0.2, 0) is 0 Å². The Hall–Kier alpha value is -2.68. The van der Waals surface area contributed by atoms with Gasteiger partial charge in [0, 0.05) is 12.1 Å². The molecule has 1 aromatic carbocycles. The van der Waals surface area contributed by atoms with Crippen LogP contribution in [0.2, 0.25) is 0 Å². The highest BCUT2D eigenvalue weighted by Gasteiger charge is 2.11. The summed E-state index contributed by atoms with van der Waals surface area (Å²) in [4.78, 5) is 8.68. The lowest BCUT2D eigenvalue weighted by Crippen LogP contribution is -2.08. The van der Waals surface area contributed by atoms with Crippen LogP contribution in [0.25, 0.3) is 0 Å². The van der Waals surface area contributed by atoms with Crippen LogP contribution in [-0.4, -0.2) is 16.5 Å². The zero-order chi connectivity index (χ0) is 15.4. The van der Waals surface area contributed by atoms with Gasteiger partial charge in [0.05, 0.1) is 11.3 Å². The van der Waals surface area contributed by atoms with E-state index in [2.05, 4.69) is 20.6 Å². The second-order valence-corrected chi connectivity index (χ2v) is 4.55. The predicted octanol–water partition coefficient (Wildman–Crippen LogP) is 3.28. The molecule has 2 N–H and O–H groups in total. The molecule has 0 saturated heterocycles. The fraction of sp³-hybridized carbons (Fsp3) is 0.267. The predicted molar refractivity (Wildman–Crippen MR) is 80.1 cm³/mol. The molecule has 0 amide bonds. The van der Waals surface area contributed by atoms with Crippen molar-refractivity contribution in [2.45, 2.75) is 20.8 Å². The number of hydrogen-bond donors (Lipinski definition) is 2. The van der Waals surface area contributed by atoms with E-state index >= 15 is 0 Å². The van der Waals surface area contributed by atoms with Gasteiger partial charge in [-0.05, 0) is 39.0 Å². The third-order valence-corrected chi connectivity index (χ3v) is 2.96. The van der Waals surface area contributed by atoms with Gasteiger partial charge in [-0.15, -0.1) is 0 Å². The molecule has 0 aliphatic heterocycles. The smallest absolute Gasteiger partial charge is 0.139 e. The first kappa shape index (κ1) is 14.7. The summed E-state index contributed by atoms with van der Waals surface area (Å²) >= 11 is 0. The van der Waals surface area contributed by atoms with E-state index in [-0.39, 0.29) is 5.56 Å².